The molecule has 1 aliphatic heterocycles. The maximum absolute atomic E-state index is 11.1. The molecule has 1 saturated heterocycles. The van der Waals surface area contributed by atoms with Gasteiger partial charge in [-0.15, -0.1) is 0 Å². The van der Waals surface area contributed by atoms with Crippen LogP contribution >= 0.6 is 0 Å². The van der Waals surface area contributed by atoms with Crippen molar-refractivity contribution < 1.29 is 47.3 Å². The van der Waals surface area contributed by atoms with E-state index in [0.717, 1.165) is 26.2 Å². The van der Waals surface area contributed by atoms with Crippen molar-refractivity contribution in [2.75, 3.05) is 39.0 Å². The molecule has 6 nitrogen and oxygen atoms in total. The van der Waals surface area contributed by atoms with Crippen LogP contribution in [0.4, 0.5) is 0 Å². The number of amides is 1. The van der Waals surface area contributed by atoms with E-state index in [4.69, 9.17) is 0 Å². The zero-order valence-corrected chi connectivity index (χ0v) is 14.8. The number of piperazine rings is 1. The fourth-order valence-electron chi connectivity index (χ4n) is 1.41. The predicted octanol–water partition coefficient (Wildman–Crippen LogP) is -3.11. The summed E-state index contributed by atoms with van der Waals surface area (Å²) >= 11 is 0. The van der Waals surface area contributed by atoms with Crippen LogP contribution in [-0.2, 0) is 14.9 Å². The van der Waals surface area contributed by atoms with Crippen LogP contribution in [0.2, 0.25) is 0 Å². The second kappa shape index (κ2) is 10.8. The number of hydrogen-bond donors (Lipinski definition) is 0. The van der Waals surface area contributed by atoms with E-state index in [-0.39, 0.29) is 41.2 Å². The van der Waals surface area contributed by atoms with E-state index in [1.165, 1.54) is 6.08 Å². The molecule has 8 heteroatoms. The zero-order valence-electron chi connectivity index (χ0n) is 12.0. The van der Waals surface area contributed by atoms with Gasteiger partial charge in [-0.2, -0.15) is 0 Å². The minimum atomic E-state index is -3.92. The summed E-state index contributed by atoms with van der Waals surface area (Å²) in [7, 11) is -1.86. The third-order valence-corrected chi connectivity index (χ3v) is 3.35. The summed E-state index contributed by atoms with van der Waals surface area (Å²) < 4.78 is 29.0. The molecule has 0 bridgehead atoms. The van der Waals surface area contributed by atoms with Crippen molar-refractivity contribution in [1.82, 2.24) is 9.80 Å². The Morgan fingerprint density at radius 1 is 1.32 bits per heavy atom. The first-order valence-electron chi connectivity index (χ1n) is 5.83. The summed E-state index contributed by atoms with van der Waals surface area (Å²) in [4.78, 5) is 15.1. The number of carbonyl (C=O) groups excluding carboxylic acids is 1. The third-order valence-electron chi connectivity index (χ3n) is 2.44. The smallest absolute Gasteiger partial charge is 0.748 e. The monoisotopic (exact) mass is 300 g/mol. The molecule has 1 heterocycles. The Hall–Kier alpha value is 0.0800. The first kappa shape index (κ1) is 21.4. The van der Waals surface area contributed by atoms with Gasteiger partial charge in [0.05, 0.1) is 10.1 Å². The van der Waals surface area contributed by atoms with Crippen LogP contribution in [0.5, 0.6) is 0 Å². The Kier molecular flexibility index (Phi) is 12.2. The molecule has 1 aliphatic rings. The summed E-state index contributed by atoms with van der Waals surface area (Å²) in [5, 5.41) is 0. The second-order valence-electron chi connectivity index (χ2n) is 4.09. The molecule has 0 atom stereocenters. The van der Waals surface area contributed by atoms with Crippen molar-refractivity contribution in [3.63, 3.8) is 0 Å². The van der Waals surface area contributed by atoms with Gasteiger partial charge < -0.3 is 14.4 Å². The number of rotatable bonds is 3. The molecular weight excluding hydrogens is 279 g/mol. The van der Waals surface area contributed by atoms with Crippen molar-refractivity contribution in [2.45, 2.75) is 13.3 Å². The van der Waals surface area contributed by atoms with Gasteiger partial charge in [-0.25, -0.2) is 8.42 Å². The molecule has 0 aromatic carbocycles. The van der Waals surface area contributed by atoms with Crippen LogP contribution in [0.15, 0.2) is 12.7 Å². The van der Waals surface area contributed by atoms with Crippen LogP contribution in [0.3, 0.4) is 0 Å². The zero-order chi connectivity index (χ0) is 14.2. The van der Waals surface area contributed by atoms with Gasteiger partial charge in [-0.3, -0.25) is 4.79 Å². The molecule has 106 valence electrons. The van der Waals surface area contributed by atoms with Crippen molar-refractivity contribution in [3.8, 4) is 0 Å². The average molecular weight is 300 g/mol. The Bertz CT molecular complexity index is 365. The van der Waals surface area contributed by atoms with Gasteiger partial charge in [0.1, 0.15) is 0 Å². The molecule has 0 aromatic rings. The van der Waals surface area contributed by atoms with E-state index >= 15 is 0 Å². The van der Waals surface area contributed by atoms with Crippen molar-refractivity contribution in [3.05, 3.63) is 12.7 Å². The second-order valence-corrected chi connectivity index (χ2v) is 5.62. The van der Waals surface area contributed by atoms with Gasteiger partial charge >= 0.3 is 29.6 Å². The normalized spacial score (nSPS) is 15.8. The maximum Gasteiger partial charge on any atom is 1.00 e. The van der Waals surface area contributed by atoms with Gasteiger partial charge in [0.2, 0.25) is 5.91 Å². The van der Waals surface area contributed by atoms with Crippen LogP contribution in [0, 0.1) is 0 Å². The molecule has 0 aromatic heterocycles. The van der Waals surface area contributed by atoms with Gasteiger partial charge in [0.25, 0.3) is 0 Å². The van der Waals surface area contributed by atoms with E-state index in [1.54, 1.807) is 6.92 Å². The Morgan fingerprint density at radius 3 is 2.05 bits per heavy atom. The fourth-order valence-corrected chi connectivity index (χ4v) is 1.91. The van der Waals surface area contributed by atoms with Crippen LogP contribution in [0.25, 0.3) is 0 Å². The standard InChI is InChI=1S/C8H14N2O.C3H8O3S.Na/c1-3-8(11)10-6-4-9(2)5-7-10;1-2-3-7(4,5)6;/h3H,1,4-7H2,2H3;2-3H2,1H3,(H,4,5,6);/q;;+1/p-1. The molecule has 1 amide bonds. The van der Waals surface area contributed by atoms with E-state index in [9.17, 15) is 17.8 Å². The molecule has 0 aliphatic carbocycles. The summed E-state index contributed by atoms with van der Waals surface area (Å²) in [5.74, 6) is -0.189. The van der Waals surface area contributed by atoms with Crippen molar-refractivity contribution in [1.29, 1.82) is 0 Å². The predicted molar refractivity (Wildman–Crippen MR) is 69.1 cm³/mol. The van der Waals surface area contributed by atoms with E-state index in [1.807, 2.05) is 4.90 Å². The molecule has 1 rings (SSSR count). The minimum Gasteiger partial charge on any atom is -0.748 e. The van der Waals surface area contributed by atoms with Gasteiger partial charge in [0, 0.05) is 31.9 Å². The SMILES string of the molecule is C=CC(=O)N1CCN(C)CC1.CCCS(=O)(=O)[O-].[Na+]. The van der Waals surface area contributed by atoms with E-state index < -0.39 is 10.1 Å². The topological polar surface area (TPSA) is 80.8 Å². The van der Waals surface area contributed by atoms with E-state index in [2.05, 4.69) is 18.5 Å². The molecule has 0 unspecified atom stereocenters. The molecular formula is C11H21N2NaO4S. The summed E-state index contributed by atoms with van der Waals surface area (Å²) in [6.07, 6.45) is 1.79. The van der Waals surface area contributed by atoms with Crippen molar-refractivity contribution >= 4 is 16.0 Å². The van der Waals surface area contributed by atoms with Crippen LogP contribution < -0.4 is 29.6 Å². The summed E-state index contributed by atoms with van der Waals surface area (Å²) in [6.45, 7) is 8.71. The largest absolute Gasteiger partial charge is 1.00 e. The Morgan fingerprint density at radius 2 is 1.79 bits per heavy atom. The average Bonchev–Trinajstić information content (AvgIpc) is 2.28. The Balaban J connectivity index is 0. The third kappa shape index (κ3) is 11.6. The first-order chi connectivity index (χ1) is 8.30. The maximum atomic E-state index is 11.1. The van der Waals surface area contributed by atoms with Gasteiger partial charge in [0.15, 0.2) is 0 Å². The number of nitrogens with zero attached hydrogens (tertiary/aromatic N) is 2. The molecule has 0 spiro atoms. The van der Waals surface area contributed by atoms with Crippen molar-refractivity contribution in [2.24, 2.45) is 0 Å². The molecule has 0 saturated carbocycles. The summed E-state index contributed by atoms with van der Waals surface area (Å²) in [5.41, 5.74) is 0. The quantitative estimate of drug-likeness (QED) is 0.313. The minimum absolute atomic E-state index is 0. The first-order valence-corrected chi connectivity index (χ1v) is 7.41. The van der Waals surface area contributed by atoms with Crippen LogP contribution in [-0.4, -0.2) is 67.7 Å². The number of likely N-dealkylation sites (N-methyl/N-ethyl adjacent to an activating group) is 1. The Labute approximate surface area is 137 Å². The molecule has 19 heavy (non-hydrogen) atoms. The van der Waals surface area contributed by atoms with Gasteiger partial charge in [-0.05, 0) is 19.5 Å². The fraction of sp³-hybridized carbons (Fsp3) is 0.727. The number of carbonyl (C=O) groups is 1. The molecule has 0 radical (unpaired) electrons. The summed E-state index contributed by atoms with van der Waals surface area (Å²) in [6, 6.07) is 0. The van der Waals surface area contributed by atoms with E-state index in [0.29, 0.717) is 6.42 Å². The molecule has 1 fully saturated rings. The van der Waals surface area contributed by atoms with Gasteiger partial charge in [-0.1, -0.05) is 13.5 Å². The molecule has 0 N–H and O–H groups in total. The number of hydrogen-bond acceptors (Lipinski definition) is 5. The van der Waals surface area contributed by atoms with Crippen LogP contribution in [0.1, 0.15) is 13.3 Å².